The first kappa shape index (κ1) is 19.5. The minimum Gasteiger partial charge on any atom is -0.509 e. The first-order chi connectivity index (χ1) is 12.0. The molecule has 2 aliphatic carbocycles. The summed E-state index contributed by atoms with van der Waals surface area (Å²) in [6.45, 7) is 7.61. The molecule has 2 nitrogen and oxygen atoms in total. The van der Waals surface area contributed by atoms with Crippen LogP contribution in [-0.4, -0.2) is 16.8 Å². The van der Waals surface area contributed by atoms with E-state index in [0.717, 1.165) is 17.6 Å². The normalized spacial score (nSPS) is 24.8. The fraction of sp³-hybridized carbons (Fsp3) is 0.478. The molecule has 0 amide bonds. The Morgan fingerprint density at radius 1 is 1.24 bits per heavy atom. The average molecular weight is 341 g/mol. The molecule has 0 heterocycles. The van der Waals surface area contributed by atoms with E-state index in [-0.39, 0.29) is 17.8 Å². The highest BCUT2D eigenvalue weighted by Crippen LogP contribution is 2.47. The van der Waals surface area contributed by atoms with Gasteiger partial charge in [-0.3, -0.25) is 0 Å². The van der Waals surface area contributed by atoms with Gasteiger partial charge in [-0.2, -0.15) is 0 Å². The molecule has 0 bridgehead atoms. The summed E-state index contributed by atoms with van der Waals surface area (Å²) in [6.07, 6.45) is 21.1. The van der Waals surface area contributed by atoms with Gasteiger partial charge in [0.15, 0.2) is 0 Å². The van der Waals surface area contributed by atoms with Crippen LogP contribution in [0.3, 0.4) is 0 Å². The molecule has 0 atom stereocenters. The molecule has 25 heavy (non-hydrogen) atoms. The summed E-state index contributed by atoms with van der Waals surface area (Å²) < 4.78 is 0. The number of rotatable bonds is 4. The molecule has 0 aliphatic heterocycles. The van der Waals surface area contributed by atoms with Gasteiger partial charge in [-0.1, -0.05) is 56.2 Å². The molecule has 2 N–H and O–H groups in total. The second-order valence-electron chi connectivity index (χ2n) is 7.35. The lowest BCUT2D eigenvalue weighted by Crippen LogP contribution is -2.21. The van der Waals surface area contributed by atoms with Crippen molar-refractivity contribution in [1.29, 1.82) is 0 Å². The summed E-state index contributed by atoms with van der Waals surface area (Å²) >= 11 is 0. The Hall–Kier alpha value is -1.80. The average Bonchev–Trinajstić information content (AvgIpc) is 2.71. The van der Waals surface area contributed by atoms with Gasteiger partial charge in [0.05, 0.1) is 6.61 Å². The number of allylic oxidation sites excluding steroid dienone is 9. The number of hydrogen-bond acceptors (Lipinski definition) is 2. The zero-order valence-corrected chi connectivity index (χ0v) is 15.7. The van der Waals surface area contributed by atoms with Crippen molar-refractivity contribution in [2.75, 3.05) is 6.61 Å². The summed E-state index contributed by atoms with van der Waals surface area (Å²) in [6, 6.07) is 0. The third-order valence-electron chi connectivity index (χ3n) is 5.42. The largest absolute Gasteiger partial charge is 0.509 e. The molecule has 0 aromatic rings. The molecule has 2 aliphatic rings. The van der Waals surface area contributed by atoms with Crippen LogP contribution < -0.4 is 0 Å². The third kappa shape index (κ3) is 5.34. The van der Waals surface area contributed by atoms with E-state index in [1.165, 1.54) is 49.7 Å². The van der Waals surface area contributed by atoms with Gasteiger partial charge in [0, 0.05) is 0 Å². The molecule has 0 unspecified atom stereocenters. The fourth-order valence-electron chi connectivity index (χ4n) is 4.14. The Balaban J connectivity index is 2.46. The van der Waals surface area contributed by atoms with Crippen LogP contribution in [-0.2, 0) is 0 Å². The molecule has 2 rings (SSSR count). The zero-order chi connectivity index (χ0) is 18.3. The molecule has 0 saturated heterocycles. The van der Waals surface area contributed by atoms with Gasteiger partial charge in [0.2, 0.25) is 0 Å². The number of hydrogen-bond donors (Lipinski definition) is 2. The standard InChI is InChI=1S/C23H32O2/c1-4-20-10-14-23(12-6-5-7-13-23)17-21(22(20)11-15-24)9-8-18(2)16-19(3)25/h4,8-9,11,16-17,24-25H,3,5-7,10,12-15H2,1-2H3/b9-8+,18-16+,20-4-,22-11+. The van der Waals surface area contributed by atoms with E-state index >= 15 is 0 Å². The van der Waals surface area contributed by atoms with Crippen molar-refractivity contribution >= 4 is 0 Å². The lowest BCUT2D eigenvalue weighted by atomic mass is 9.71. The van der Waals surface area contributed by atoms with E-state index in [9.17, 15) is 10.2 Å². The van der Waals surface area contributed by atoms with Crippen LogP contribution in [0.15, 0.2) is 71.1 Å². The SMILES string of the molecule is C=C(O)/C=C(C)/C=C/C1=CC2(CCCCC2)CCC(=C/C)/C1=C\CO. The molecule has 1 fully saturated rings. The predicted molar refractivity (Wildman–Crippen MR) is 106 cm³/mol. The molecule has 0 aromatic heterocycles. The smallest absolute Gasteiger partial charge is 0.108 e. The van der Waals surface area contributed by atoms with Gasteiger partial charge < -0.3 is 10.2 Å². The van der Waals surface area contributed by atoms with Crippen LogP contribution in [0.2, 0.25) is 0 Å². The van der Waals surface area contributed by atoms with E-state index in [0.29, 0.717) is 0 Å². The molecule has 0 aromatic carbocycles. The van der Waals surface area contributed by atoms with Crippen molar-refractivity contribution in [2.45, 2.75) is 58.8 Å². The number of aliphatic hydroxyl groups excluding tert-OH is 2. The molecule has 1 spiro atoms. The molecular weight excluding hydrogens is 308 g/mol. The van der Waals surface area contributed by atoms with Crippen molar-refractivity contribution in [3.8, 4) is 0 Å². The van der Waals surface area contributed by atoms with Gasteiger partial charge in [-0.15, -0.1) is 0 Å². The molecular formula is C23H32O2. The van der Waals surface area contributed by atoms with Crippen LogP contribution in [0, 0.1) is 5.41 Å². The highest BCUT2D eigenvalue weighted by atomic mass is 16.3. The van der Waals surface area contributed by atoms with Crippen molar-refractivity contribution in [2.24, 2.45) is 5.41 Å². The maximum absolute atomic E-state index is 9.53. The number of aliphatic hydroxyl groups is 2. The zero-order valence-electron chi connectivity index (χ0n) is 15.7. The quantitative estimate of drug-likeness (QED) is 0.480. The first-order valence-electron chi connectivity index (χ1n) is 9.44. The van der Waals surface area contributed by atoms with Gasteiger partial charge in [0.1, 0.15) is 5.76 Å². The second-order valence-corrected chi connectivity index (χ2v) is 7.35. The lowest BCUT2D eigenvalue weighted by Gasteiger charge is -2.34. The lowest BCUT2D eigenvalue weighted by molar-refractivity contribution is 0.241. The van der Waals surface area contributed by atoms with Crippen molar-refractivity contribution in [3.63, 3.8) is 0 Å². The van der Waals surface area contributed by atoms with Crippen molar-refractivity contribution in [3.05, 3.63) is 71.1 Å². The summed E-state index contributed by atoms with van der Waals surface area (Å²) in [5, 5.41) is 18.9. The van der Waals surface area contributed by atoms with Gasteiger partial charge in [-0.25, -0.2) is 0 Å². The van der Waals surface area contributed by atoms with Crippen molar-refractivity contribution < 1.29 is 10.2 Å². The summed E-state index contributed by atoms with van der Waals surface area (Å²) in [5.41, 5.74) is 4.91. The third-order valence-corrected chi connectivity index (χ3v) is 5.42. The minimum absolute atomic E-state index is 0.0487. The molecule has 1 saturated carbocycles. The molecule has 2 heteroatoms. The fourth-order valence-corrected chi connectivity index (χ4v) is 4.14. The second kappa shape index (κ2) is 9.05. The van der Waals surface area contributed by atoms with E-state index in [2.05, 4.69) is 31.7 Å². The Labute approximate surface area is 152 Å². The molecule has 0 radical (unpaired) electrons. The Kier molecular flexibility index (Phi) is 7.07. The first-order valence-corrected chi connectivity index (χ1v) is 9.44. The Bertz CT molecular complexity index is 635. The highest BCUT2D eigenvalue weighted by molar-refractivity contribution is 5.54. The highest BCUT2D eigenvalue weighted by Gasteiger charge is 2.32. The van der Waals surface area contributed by atoms with Crippen LogP contribution in [0.4, 0.5) is 0 Å². The summed E-state index contributed by atoms with van der Waals surface area (Å²) in [4.78, 5) is 0. The monoisotopic (exact) mass is 340 g/mol. The maximum atomic E-state index is 9.53. The Morgan fingerprint density at radius 3 is 2.56 bits per heavy atom. The summed E-state index contributed by atoms with van der Waals surface area (Å²) in [5.74, 6) is 0.0704. The van der Waals surface area contributed by atoms with Crippen LogP contribution in [0.25, 0.3) is 0 Å². The van der Waals surface area contributed by atoms with E-state index in [1.54, 1.807) is 6.08 Å². The summed E-state index contributed by atoms with van der Waals surface area (Å²) in [7, 11) is 0. The van der Waals surface area contributed by atoms with Crippen LogP contribution >= 0.6 is 0 Å². The topological polar surface area (TPSA) is 40.5 Å². The van der Waals surface area contributed by atoms with Gasteiger partial charge in [-0.05, 0) is 73.3 Å². The Morgan fingerprint density at radius 2 is 1.96 bits per heavy atom. The van der Waals surface area contributed by atoms with Gasteiger partial charge >= 0.3 is 0 Å². The van der Waals surface area contributed by atoms with E-state index in [4.69, 9.17) is 0 Å². The van der Waals surface area contributed by atoms with Crippen molar-refractivity contribution in [1.82, 2.24) is 0 Å². The minimum atomic E-state index is 0.0487. The van der Waals surface area contributed by atoms with E-state index in [1.807, 2.05) is 19.1 Å². The maximum Gasteiger partial charge on any atom is 0.108 e. The van der Waals surface area contributed by atoms with Crippen LogP contribution in [0.5, 0.6) is 0 Å². The predicted octanol–water partition coefficient (Wildman–Crippen LogP) is 6.10. The van der Waals surface area contributed by atoms with Gasteiger partial charge in [0.25, 0.3) is 0 Å². The van der Waals surface area contributed by atoms with Crippen LogP contribution in [0.1, 0.15) is 58.8 Å². The molecule has 136 valence electrons. The van der Waals surface area contributed by atoms with E-state index < -0.39 is 0 Å².